The number of hydrogen-bond acceptors (Lipinski definition) is 3. The van der Waals surface area contributed by atoms with Gasteiger partial charge in [0, 0.05) is 25.0 Å². The Balaban J connectivity index is 1.78. The van der Waals surface area contributed by atoms with Gasteiger partial charge in [0.1, 0.15) is 0 Å². The Morgan fingerprint density at radius 2 is 2.45 bits per heavy atom. The fourth-order valence-corrected chi connectivity index (χ4v) is 3.42. The van der Waals surface area contributed by atoms with Crippen molar-refractivity contribution in [3.8, 4) is 0 Å². The van der Waals surface area contributed by atoms with Crippen LogP contribution in [0.25, 0.3) is 0 Å². The topological polar surface area (TPSA) is 39.7 Å². The van der Waals surface area contributed by atoms with Crippen molar-refractivity contribution in [2.45, 2.75) is 25.8 Å². The third kappa shape index (κ3) is 4.49. The molecule has 0 spiro atoms. The maximum atomic E-state index is 4.33. The van der Waals surface area contributed by atoms with Crippen molar-refractivity contribution >= 4 is 17.3 Å². The molecular formula is C15H26N4S. The van der Waals surface area contributed by atoms with E-state index >= 15 is 0 Å². The lowest BCUT2D eigenvalue weighted by atomic mass is 9.99. The smallest absolute Gasteiger partial charge is 0.191 e. The van der Waals surface area contributed by atoms with E-state index in [4.69, 9.17) is 0 Å². The molecule has 0 aromatic carbocycles. The van der Waals surface area contributed by atoms with Gasteiger partial charge in [0.05, 0.1) is 6.04 Å². The number of guanidine groups is 1. The number of aliphatic imine (C=N–C) groups is 1. The molecule has 4 nitrogen and oxygen atoms in total. The minimum atomic E-state index is 0.301. The van der Waals surface area contributed by atoms with Crippen LogP contribution in [-0.4, -0.2) is 44.6 Å². The number of thiophene rings is 1. The van der Waals surface area contributed by atoms with Crippen LogP contribution in [0, 0.1) is 5.92 Å². The Hall–Kier alpha value is -1.07. The monoisotopic (exact) mass is 294 g/mol. The zero-order valence-electron chi connectivity index (χ0n) is 12.7. The van der Waals surface area contributed by atoms with Crippen molar-refractivity contribution < 1.29 is 0 Å². The highest BCUT2D eigenvalue weighted by Crippen LogP contribution is 2.18. The van der Waals surface area contributed by atoms with Crippen LogP contribution >= 0.6 is 11.3 Å². The molecule has 1 aliphatic heterocycles. The number of rotatable bonds is 4. The predicted molar refractivity (Wildman–Crippen MR) is 87.5 cm³/mol. The Morgan fingerprint density at radius 1 is 1.60 bits per heavy atom. The summed E-state index contributed by atoms with van der Waals surface area (Å²) < 4.78 is 0. The van der Waals surface area contributed by atoms with Crippen LogP contribution in [0.4, 0.5) is 0 Å². The first-order valence-corrected chi connectivity index (χ1v) is 8.26. The first-order chi connectivity index (χ1) is 9.69. The van der Waals surface area contributed by atoms with Gasteiger partial charge in [-0.15, -0.1) is 11.3 Å². The van der Waals surface area contributed by atoms with Crippen molar-refractivity contribution in [3.63, 3.8) is 0 Å². The molecule has 0 aliphatic carbocycles. The molecule has 1 aliphatic rings. The maximum Gasteiger partial charge on any atom is 0.191 e. The Kier molecular flexibility index (Phi) is 5.86. The number of nitrogens with zero attached hydrogens (tertiary/aromatic N) is 2. The molecule has 1 fully saturated rings. The summed E-state index contributed by atoms with van der Waals surface area (Å²) in [6, 6.07) is 4.55. The molecule has 20 heavy (non-hydrogen) atoms. The molecule has 2 rings (SSSR count). The number of hydrogen-bond donors (Lipinski definition) is 2. The fourth-order valence-electron chi connectivity index (χ4n) is 2.69. The maximum absolute atomic E-state index is 4.33. The lowest BCUT2D eigenvalue weighted by molar-refractivity contribution is 0.210. The Labute approximate surface area is 126 Å². The second-order valence-corrected chi connectivity index (χ2v) is 6.58. The van der Waals surface area contributed by atoms with Crippen molar-refractivity contribution in [1.29, 1.82) is 0 Å². The van der Waals surface area contributed by atoms with Crippen LogP contribution in [0.15, 0.2) is 22.5 Å². The van der Waals surface area contributed by atoms with Crippen molar-refractivity contribution in [2.24, 2.45) is 10.9 Å². The van der Waals surface area contributed by atoms with Gasteiger partial charge in [0.15, 0.2) is 5.96 Å². The molecule has 112 valence electrons. The van der Waals surface area contributed by atoms with E-state index in [1.807, 2.05) is 7.05 Å². The minimum Gasteiger partial charge on any atom is -0.356 e. The lowest BCUT2D eigenvalue weighted by Crippen LogP contribution is -2.44. The second kappa shape index (κ2) is 7.64. The van der Waals surface area contributed by atoms with E-state index in [0.29, 0.717) is 6.04 Å². The molecule has 0 saturated carbocycles. The SMILES string of the molecule is CN=C(NCC1CCCN(C)C1)NC(C)c1cccs1. The highest BCUT2D eigenvalue weighted by Gasteiger charge is 2.17. The van der Waals surface area contributed by atoms with Crippen LogP contribution in [0.5, 0.6) is 0 Å². The van der Waals surface area contributed by atoms with Gasteiger partial charge >= 0.3 is 0 Å². The van der Waals surface area contributed by atoms with E-state index < -0.39 is 0 Å². The third-order valence-electron chi connectivity index (χ3n) is 3.83. The number of likely N-dealkylation sites (tertiary alicyclic amines) is 1. The standard InChI is InChI=1S/C15H26N4S/c1-12(14-7-5-9-20-14)18-15(16-2)17-10-13-6-4-8-19(3)11-13/h5,7,9,12-13H,4,6,8,10-11H2,1-3H3,(H2,16,17,18). The summed E-state index contributed by atoms with van der Waals surface area (Å²) in [6.07, 6.45) is 2.62. The van der Waals surface area contributed by atoms with Gasteiger partial charge in [-0.2, -0.15) is 0 Å². The highest BCUT2D eigenvalue weighted by atomic mass is 32.1. The zero-order chi connectivity index (χ0) is 14.4. The van der Waals surface area contributed by atoms with Crippen molar-refractivity contribution in [1.82, 2.24) is 15.5 Å². The van der Waals surface area contributed by atoms with Crippen molar-refractivity contribution in [3.05, 3.63) is 22.4 Å². The van der Waals surface area contributed by atoms with Crippen LogP contribution in [-0.2, 0) is 0 Å². The van der Waals surface area contributed by atoms with Crippen LogP contribution in [0.3, 0.4) is 0 Å². The van der Waals surface area contributed by atoms with E-state index in [-0.39, 0.29) is 0 Å². The Morgan fingerprint density at radius 3 is 3.10 bits per heavy atom. The molecule has 2 heterocycles. The van der Waals surface area contributed by atoms with Crippen LogP contribution < -0.4 is 10.6 Å². The first-order valence-electron chi connectivity index (χ1n) is 7.38. The molecule has 1 aromatic heterocycles. The average Bonchev–Trinajstić information content (AvgIpc) is 2.97. The summed E-state index contributed by atoms with van der Waals surface area (Å²) in [4.78, 5) is 8.08. The molecule has 5 heteroatoms. The normalized spacial score (nSPS) is 22.6. The van der Waals surface area contributed by atoms with E-state index in [1.54, 1.807) is 11.3 Å². The van der Waals surface area contributed by atoms with Gasteiger partial charge in [0.2, 0.25) is 0 Å². The molecule has 0 radical (unpaired) electrons. The lowest BCUT2D eigenvalue weighted by Gasteiger charge is -2.30. The van der Waals surface area contributed by atoms with Gasteiger partial charge in [-0.05, 0) is 50.7 Å². The van der Waals surface area contributed by atoms with E-state index in [1.165, 1.54) is 30.8 Å². The Bertz CT molecular complexity index is 416. The van der Waals surface area contributed by atoms with Gasteiger partial charge < -0.3 is 15.5 Å². The first kappa shape index (κ1) is 15.3. The number of nitrogens with one attached hydrogen (secondary N) is 2. The summed E-state index contributed by atoms with van der Waals surface area (Å²) >= 11 is 1.78. The fraction of sp³-hybridized carbons (Fsp3) is 0.667. The summed E-state index contributed by atoms with van der Waals surface area (Å²) in [7, 11) is 4.04. The predicted octanol–water partition coefficient (Wildman–Crippen LogP) is 2.32. The number of piperidine rings is 1. The van der Waals surface area contributed by atoms with Crippen molar-refractivity contribution in [2.75, 3.05) is 33.7 Å². The van der Waals surface area contributed by atoms with Gasteiger partial charge in [-0.1, -0.05) is 6.07 Å². The van der Waals surface area contributed by atoms with E-state index in [2.05, 4.69) is 52.0 Å². The van der Waals surface area contributed by atoms with E-state index in [0.717, 1.165) is 18.4 Å². The zero-order valence-corrected chi connectivity index (χ0v) is 13.5. The van der Waals surface area contributed by atoms with Gasteiger partial charge in [-0.3, -0.25) is 4.99 Å². The summed E-state index contributed by atoms with van der Waals surface area (Å²) in [5.74, 6) is 1.63. The highest BCUT2D eigenvalue weighted by molar-refractivity contribution is 7.10. The minimum absolute atomic E-state index is 0.301. The molecular weight excluding hydrogens is 268 g/mol. The van der Waals surface area contributed by atoms with Crippen LogP contribution in [0.2, 0.25) is 0 Å². The third-order valence-corrected chi connectivity index (χ3v) is 4.88. The van der Waals surface area contributed by atoms with Crippen LogP contribution in [0.1, 0.15) is 30.7 Å². The summed E-state index contributed by atoms with van der Waals surface area (Å²) in [6.45, 7) is 5.59. The van der Waals surface area contributed by atoms with Gasteiger partial charge in [-0.25, -0.2) is 0 Å². The average molecular weight is 294 g/mol. The molecule has 2 atom stereocenters. The molecule has 0 bridgehead atoms. The quantitative estimate of drug-likeness (QED) is 0.661. The second-order valence-electron chi connectivity index (χ2n) is 5.61. The largest absolute Gasteiger partial charge is 0.356 e. The van der Waals surface area contributed by atoms with E-state index in [9.17, 15) is 0 Å². The molecule has 2 unspecified atom stereocenters. The summed E-state index contributed by atoms with van der Waals surface area (Å²) in [5.41, 5.74) is 0. The molecule has 2 N–H and O–H groups in total. The summed E-state index contributed by atoms with van der Waals surface area (Å²) in [5, 5.41) is 9.04. The molecule has 1 saturated heterocycles. The van der Waals surface area contributed by atoms with Gasteiger partial charge in [0.25, 0.3) is 0 Å². The molecule has 0 amide bonds. The molecule has 1 aromatic rings.